The zero-order valence-electron chi connectivity index (χ0n) is 13.6. The van der Waals surface area contributed by atoms with E-state index >= 15 is 0 Å². The van der Waals surface area contributed by atoms with Crippen LogP contribution < -0.4 is 5.32 Å². The number of aryl methyl sites for hydroxylation is 1. The Morgan fingerprint density at radius 3 is 3.00 bits per heavy atom. The highest BCUT2D eigenvalue weighted by Gasteiger charge is 2.16. The number of carbonyl (C=O) groups is 1. The predicted octanol–water partition coefficient (Wildman–Crippen LogP) is 3.97. The molecule has 26 heavy (non-hydrogen) atoms. The van der Waals surface area contributed by atoms with Gasteiger partial charge < -0.3 is 10.4 Å². The number of rotatable bonds is 3. The lowest BCUT2D eigenvalue weighted by Gasteiger charge is -2.07. The molecule has 7 nitrogen and oxygen atoms in total. The van der Waals surface area contributed by atoms with E-state index in [9.17, 15) is 9.90 Å². The van der Waals surface area contributed by atoms with Crippen LogP contribution in [0.5, 0.6) is 5.75 Å². The van der Waals surface area contributed by atoms with Crippen molar-refractivity contribution in [2.24, 2.45) is 0 Å². The largest absolute Gasteiger partial charge is 0.507 e. The van der Waals surface area contributed by atoms with Crippen molar-refractivity contribution in [3.05, 3.63) is 64.5 Å². The number of hydrogen-bond donors (Lipinski definition) is 3. The predicted molar refractivity (Wildman–Crippen MR) is 101 cm³/mol. The second-order valence-electron chi connectivity index (χ2n) is 5.25. The number of hydrogen-bond acceptors (Lipinski definition) is 6. The van der Waals surface area contributed by atoms with Crippen LogP contribution in [0.2, 0.25) is 5.02 Å². The number of aromatic hydroxyl groups is 1. The molecule has 0 aliphatic rings. The number of amides is 1. The highest BCUT2D eigenvalue weighted by atomic mass is 35.5. The minimum atomic E-state index is -0.394. The van der Waals surface area contributed by atoms with Gasteiger partial charge in [-0.1, -0.05) is 11.6 Å². The van der Waals surface area contributed by atoms with E-state index in [1.165, 1.54) is 18.5 Å². The summed E-state index contributed by atoms with van der Waals surface area (Å²) in [6, 6.07) is 8.16. The number of nitrogens with zero attached hydrogens (tertiary/aromatic N) is 3. The molecule has 0 fully saturated rings. The maximum absolute atomic E-state index is 12.6. The van der Waals surface area contributed by atoms with Crippen LogP contribution in [0.15, 0.2) is 48.9 Å². The quantitative estimate of drug-likeness (QED) is 0.630. The molecule has 0 saturated carbocycles. The molecule has 3 N–H and O–H groups in total. The maximum Gasteiger partial charge on any atom is 0.268 e. The smallest absolute Gasteiger partial charge is 0.268 e. The van der Waals surface area contributed by atoms with Gasteiger partial charge in [0, 0.05) is 16.8 Å². The summed E-state index contributed by atoms with van der Waals surface area (Å²) in [6.07, 6.45) is 4.46. The van der Waals surface area contributed by atoms with Crippen molar-refractivity contribution in [2.45, 2.75) is 6.92 Å². The van der Waals surface area contributed by atoms with Gasteiger partial charge in [-0.3, -0.25) is 14.9 Å². The highest BCUT2D eigenvalue weighted by Crippen LogP contribution is 2.34. The van der Waals surface area contributed by atoms with Crippen LogP contribution in [0.3, 0.4) is 0 Å². The Hall–Kier alpha value is -2.97. The van der Waals surface area contributed by atoms with Gasteiger partial charge in [-0.25, -0.2) is 0 Å². The van der Waals surface area contributed by atoms with Crippen LogP contribution in [0.25, 0.3) is 11.3 Å². The molecule has 2 heterocycles. The molecule has 0 atom stereocenters. The third-order valence-electron chi connectivity index (χ3n) is 3.33. The lowest BCUT2D eigenvalue weighted by molar-refractivity contribution is 0.103. The molecule has 1 amide bonds. The number of phenols is 1. The number of aromatic nitrogens is 4. The normalized spacial score (nSPS) is 10.2. The van der Waals surface area contributed by atoms with Gasteiger partial charge in [0.1, 0.15) is 10.6 Å². The Kier molecular flexibility index (Phi) is 5.45. The van der Waals surface area contributed by atoms with Crippen LogP contribution >= 0.6 is 23.1 Å². The third kappa shape index (κ3) is 4.16. The molecule has 0 bridgehead atoms. The Labute approximate surface area is 158 Å². The van der Waals surface area contributed by atoms with E-state index in [0.717, 1.165) is 17.2 Å². The van der Waals surface area contributed by atoms with E-state index in [1.54, 1.807) is 30.5 Å². The van der Waals surface area contributed by atoms with Gasteiger partial charge in [0.25, 0.3) is 5.91 Å². The molecule has 0 radical (unpaired) electrons. The van der Waals surface area contributed by atoms with Crippen molar-refractivity contribution in [2.75, 3.05) is 5.32 Å². The minimum absolute atomic E-state index is 0.0149. The molecular weight excluding hydrogens is 374 g/mol. The van der Waals surface area contributed by atoms with Crippen LogP contribution in [0.1, 0.15) is 15.4 Å². The molecule has 0 aliphatic carbocycles. The standard InChI is InChI=1S/C17H14ClN5O2S/c1-10-3-2-6-19-9-15(26-23-10)17(25)21-13-8-20-22-16(13)12-7-11(18)4-5-14(12)24/h2-9,24H,1H3,(H,20,22)(H,21,25). The fourth-order valence-electron chi connectivity index (χ4n) is 2.10. The van der Waals surface area contributed by atoms with E-state index < -0.39 is 5.91 Å². The lowest BCUT2D eigenvalue weighted by atomic mass is 10.1. The van der Waals surface area contributed by atoms with Crippen molar-refractivity contribution in [3.8, 4) is 17.0 Å². The number of H-pyrrole nitrogens is 1. The molecule has 0 aliphatic heterocycles. The van der Waals surface area contributed by atoms with Crippen molar-refractivity contribution >= 4 is 34.7 Å². The van der Waals surface area contributed by atoms with Crippen molar-refractivity contribution in [3.63, 3.8) is 0 Å². The summed E-state index contributed by atoms with van der Waals surface area (Å²) >= 11 is 7.02. The molecule has 2 aromatic heterocycles. The number of anilines is 1. The first-order valence-electron chi connectivity index (χ1n) is 7.50. The minimum Gasteiger partial charge on any atom is -0.507 e. The first-order valence-corrected chi connectivity index (χ1v) is 8.65. The van der Waals surface area contributed by atoms with E-state index in [0.29, 0.717) is 26.8 Å². The molecule has 9 heteroatoms. The summed E-state index contributed by atoms with van der Waals surface area (Å²) in [5.41, 5.74) is 2.03. The Morgan fingerprint density at radius 2 is 2.15 bits per heavy atom. The summed E-state index contributed by atoms with van der Waals surface area (Å²) in [5, 5.41) is 20.0. The SMILES string of the molecule is Cc1cccncc(C(=O)Nc2cn[nH]c2-c2cc(Cl)ccc2O)sn1. The summed E-state index contributed by atoms with van der Waals surface area (Å²) in [4.78, 5) is 17.0. The topological polar surface area (TPSA) is 104 Å². The van der Waals surface area contributed by atoms with Gasteiger partial charge >= 0.3 is 0 Å². The average molecular weight is 388 g/mol. The summed E-state index contributed by atoms with van der Waals surface area (Å²) in [6.45, 7) is 1.83. The Bertz CT molecular complexity index is 1000. The molecule has 0 spiro atoms. The number of benzene rings is 1. The lowest BCUT2D eigenvalue weighted by Crippen LogP contribution is -2.11. The van der Waals surface area contributed by atoms with E-state index in [2.05, 4.69) is 24.9 Å². The monoisotopic (exact) mass is 387 g/mol. The fraction of sp³-hybridized carbons (Fsp3) is 0.0588. The van der Waals surface area contributed by atoms with Crippen molar-refractivity contribution in [1.82, 2.24) is 19.6 Å². The molecule has 0 unspecified atom stereocenters. The van der Waals surface area contributed by atoms with Crippen LogP contribution in [-0.2, 0) is 0 Å². The Balaban J connectivity index is 1.94. The fourth-order valence-corrected chi connectivity index (χ4v) is 2.81. The summed E-state index contributed by atoms with van der Waals surface area (Å²) < 4.78 is 4.24. The van der Waals surface area contributed by atoms with E-state index in [-0.39, 0.29) is 5.75 Å². The number of phenolic OH excluding ortho intramolecular Hbond substituents is 1. The molecule has 1 aromatic carbocycles. The molecule has 132 valence electrons. The first kappa shape index (κ1) is 17.8. The second kappa shape index (κ2) is 7.94. The summed E-state index contributed by atoms with van der Waals surface area (Å²) in [5.74, 6) is -0.379. The van der Waals surface area contributed by atoms with Crippen molar-refractivity contribution < 1.29 is 9.90 Å². The number of halogens is 1. The summed E-state index contributed by atoms with van der Waals surface area (Å²) in [7, 11) is 0. The maximum atomic E-state index is 12.6. The van der Waals surface area contributed by atoms with Gasteiger partial charge in [-0.2, -0.15) is 9.47 Å². The van der Waals surface area contributed by atoms with E-state index in [1.807, 2.05) is 6.92 Å². The zero-order chi connectivity index (χ0) is 18.5. The molecule has 0 saturated heterocycles. The van der Waals surface area contributed by atoms with Gasteiger partial charge in [-0.05, 0) is 48.8 Å². The van der Waals surface area contributed by atoms with Gasteiger partial charge in [0.05, 0.1) is 29.5 Å². The average Bonchev–Trinajstić information content (AvgIpc) is 3.09. The Morgan fingerprint density at radius 1 is 1.31 bits per heavy atom. The van der Waals surface area contributed by atoms with Crippen LogP contribution in [0, 0.1) is 6.92 Å². The molecule has 3 aromatic rings. The van der Waals surface area contributed by atoms with Gasteiger partial charge in [0.2, 0.25) is 0 Å². The van der Waals surface area contributed by atoms with Gasteiger partial charge in [-0.15, -0.1) is 0 Å². The van der Waals surface area contributed by atoms with Crippen LogP contribution in [-0.4, -0.2) is 30.6 Å². The van der Waals surface area contributed by atoms with Crippen LogP contribution in [0.4, 0.5) is 5.69 Å². The number of nitrogens with one attached hydrogen (secondary N) is 2. The molecule has 3 rings (SSSR count). The van der Waals surface area contributed by atoms with E-state index in [4.69, 9.17) is 11.6 Å². The van der Waals surface area contributed by atoms with Crippen molar-refractivity contribution in [1.29, 1.82) is 0 Å². The first-order chi connectivity index (χ1) is 12.5. The number of aromatic amines is 1. The third-order valence-corrected chi connectivity index (χ3v) is 4.43. The van der Waals surface area contributed by atoms with Gasteiger partial charge in [0.15, 0.2) is 0 Å². The zero-order valence-corrected chi connectivity index (χ0v) is 15.2. The molecular formula is C17H14ClN5O2S. The second-order valence-corrected chi connectivity index (χ2v) is 6.49. The highest BCUT2D eigenvalue weighted by molar-refractivity contribution is 7.07. The number of carbonyl (C=O) groups excluding carboxylic acids is 1.